The number of halogens is 2. The van der Waals surface area contributed by atoms with Crippen LogP contribution < -0.4 is 0 Å². The minimum Gasteiger partial charge on any atom is -0.458 e. The number of ether oxygens (including phenoxy) is 7. The van der Waals surface area contributed by atoms with E-state index in [1.54, 1.807) is 54.6 Å². The van der Waals surface area contributed by atoms with Gasteiger partial charge in [-0.05, 0) is 145 Å². The molecule has 17 nitrogen and oxygen atoms in total. The number of benzene rings is 2. The Bertz CT molecular complexity index is 2860. The number of ketones is 2. The highest BCUT2D eigenvalue weighted by atomic mass is 79.9. The van der Waals surface area contributed by atoms with Crippen molar-refractivity contribution in [3.63, 3.8) is 0 Å². The average molecular weight is 1510 g/mol. The number of hydrogen-bond acceptors (Lipinski definition) is 17. The van der Waals surface area contributed by atoms with Crippen molar-refractivity contribution < 1.29 is 80.9 Å². The lowest BCUT2D eigenvalue weighted by Gasteiger charge is -2.56. The van der Waals surface area contributed by atoms with E-state index in [1.807, 2.05) is 18.2 Å². The number of carbonyl (C=O) groups is 4. The first kappa shape index (κ1) is 81.1. The Kier molecular flexibility index (Phi) is 30.0. The Balaban J connectivity index is 0.000000330. The van der Waals surface area contributed by atoms with Gasteiger partial charge in [0.1, 0.15) is 72.9 Å². The van der Waals surface area contributed by atoms with Gasteiger partial charge in [-0.2, -0.15) is 0 Å². The molecular formula is C73H114Br2O17Si3. The molecule has 0 unspecified atom stereocenters. The van der Waals surface area contributed by atoms with Gasteiger partial charge in [0.25, 0.3) is 0 Å². The average Bonchev–Trinajstić information content (AvgIpc) is 1.48. The van der Waals surface area contributed by atoms with Crippen LogP contribution in [0.1, 0.15) is 180 Å². The van der Waals surface area contributed by atoms with Gasteiger partial charge in [0.15, 0.2) is 30.7 Å². The van der Waals surface area contributed by atoms with Crippen molar-refractivity contribution in [2.24, 2.45) is 0 Å². The number of esters is 2. The molecule has 5 aliphatic rings. The molecule has 0 amide bonds. The fourth-order valence-corrected chi connectivity index (χ4v) is 16.6. The standard InChI is InChI=1S/C46H79BrO8Si3.C27H35BrO9/c1-18-22-35-28-30-37-39(50-35)41(54-57(14,15)45(6,7)8)42(55-58(16,17)46(9,10)11)40(52-37)38(53-56(12,13)44(3,4)5)29-26-34(48)25-27-36(31-32(2)47)51-43(49)33-23-20-19-21-24-33;1-15(28)13-19(35-27(33)16-5-3-2-4-6-16)8-7-17(30)14-21-22(31)25-26(37-21)23(32)24-20(36-25)10-9-18(34-24)11-12-29/h19-21,23-24,26,29,35-42H,2,18,22,25,27-28,30-31H2,1,3-17H3;2-6,18-26,29,31-32H,1,7-14H2/b29-26+;/t35-,36+,37-,38-,39-,40-,41-,42+;18-,19-,20+,21-,22+,23+,24+,25+,26+/m01/s1. The minimum absolute atomic E-state index is 0.000520. The summed E-state index contributed by atoms with van der Waals surface area (Å²) in [5.74, 6) is -1.14. The summed E-state index contributed by atoms with van der Waals surface area (Å²) in [4.78, 5) is 52.1. The second-order valence-electron chi connectivity index (χ2n) is 31.2. The van der Waals surface area contributed by atoms with E-state index >= 15 is 0 Å². The summed E-state index contributed by atoms with van der Waals surface area (Å²) < 4.78 is 67.4. The summed E-state index contributed by atoms with van der Waals surface area (Å²) in [6.07, 6.45) is 1.80. The summed E-state index contributed by atoms with van der Waals surface area (Å²) in [5, 5.41) is 30.7. The molecule has 5 heterocycles. The predicted octanol–water partition coefficient (Wildman–Crippen LogP) is 15.1. The molecule has 17 atom stereocenters. The number of allylic oxidation sites excluding steroid dienone is 1. The quantitative estimate of drug-likeness (QED) is 0.0391. The van der Waals surface area contributed by atoms with Gasteiger partial charge >= 0.3 is 11.9 Å². The number of rotatable bonds is 29. The third-order valence-corrected chi connectivity index (χ3v) is 34.6. The first-order valence-corrected chi connectivity index (χ1v) is 44.8. The Morgan fingerprint density at radius 2 is 1.06 bits per heavy atom. The van der Waals surface area contributed by atoms with E-state index in [-0.39, 0.29) is 89.2 Å². The van der Waals surface area contributed by atoms with E-state index < -0.39 is 104 Å². The second-order valence-corrected chi connectivity index (χ2v) is 47.7. The molecule has 2 aromatic rings. The van der Waals surface area contributed by atoms with E-state index in [9.17, 15) is 34.5 Å². The molecule has 534 valence electrons. The lowest BCUT2D eigenvalue weighted by molar-refractivity contribution is -0.267. The molecule has 5 aliphatic heterocycles. The number of aliphatic hydroxyl groups is 3. The molecule has 22 heteroatoms. The molecule has 2 aromatic carbocycles. The van der Waals surface area contributed by atoms with Crippen molar-refractivity contribution >= 4 is 80.3 Å². The van der Waals surface area contributed by atoms with Crippen LogP contribution in [-0.2, 0) is 56.0 Å². The van der Waals surface area contributed by atoms with Crippen molar-refractivity contribution in [3.8, 4) is 0 Å². The molecule has 5 fully saturated rings. The second kappa shape index (κ2) is 35.1. The molecule has 0 radical (unpaired) electrons. The predicted molar refractivity (Wildman–Crippen MR) is 386 cm³/mol. The van der Waals surface area contributed by atoms with Crippen molar-refractivity contribution in [2.45, 2.75) is 317 Å². The summed E-state index contributed by atoms with van der Waals surface area (Å²) in [6, 6.07) is 17.5. The minimum atomic E-state index is -2.44. The third-order valence-electron chi connectivity index (χ3n) is 20.6. The van der Waals surface area contributed by atoms with E-state index in [2.05, 4.69) is 154 Å². The number of hydrogen-bond donors (Lipinski definition) is 3. The number of Topliss-reactive ketones (excluding diaryl/α,β-unsaturated/α-hetero) is 1. The van der Waals surface area contributed by atoms with E-state index in [1.165, 1.54) is 0 Å². The van der Waals surface area contributed by atoms with Crippen LogP contribution in [0.5, 0.6) is 0 Å². The zero-order valence-corrected chi connectivity index (χ0v) is 65.7. The summed E-state index contributed by atoms with van der Waals surface area (Å²) >= 11 is 6.74. The highest BCUT2D eigenvalue weighted by molar-refractivity contribution is 9.12. The van der Waals surface area contributed by atoms with Crippen LogP contribution in [-0.4, -0.2) is 174 Å². The number of aliphatic hydroxyl groups excluding tert-OH is 3. The van der Waals surface area contributed by atoms with Crippen LogP contribution >= 0.6 is 31.9 Å². The van der Waals surface area contributed by atoms with Crippen molar-refractivity contribution in [3.05, 3.63) is 106 Å². The lowest BCUT2D eigenvalue weighted by atomic mass is 9.87. The van der Waals surface area contributed by atoms with Crippen LogP contribution in [0.15, 0.2) is 94.9 Å². The molecule has 0 bridgehead atoms. The fraction of sp³-hybridized carbons (Fsp3) is 0.699. The van der Waals surface area contributed by atoms with Crippen molar-refractivity contribution in [1.82, 2.24) is 0 Å². The Morgan fingerprint density at radius 1 is 0.600 bits per heavy atom. The van der Waals surface area contributed by atoms with E-state index in [0.29, 0.717) is 65.0 Å². The maximum Gasteiger partial charge on any atom is 0.338 e. The van der Waals surface area contributed by atoms with Gasteiger partial charge in [0.05, 0.1) is 47.8 Å². The molecule has 0 saturated carbocycles. The van der Waals surface area contributed by atoms with Crippen molar-refractivity contribution in [1.29, 1.82) is 0 Å². The zero-order chi connectivity index (χ0) is 70.6. The van der Waals surface area contributed by atoms with E-state index in [4.69, 9.17) is 46.4 Å². The highest BCUT2D eigenvalue weighted by Gasteiger charge is 2.59. The maximum atomic E-state index is 13.9. The van der Waals surface area contributed by atoms with Crippen LogP contribution in [0.3, 0.4) is 0 Å². The molecule has 0 spiro atoms. The maximum absolute atomic E-state index is 13.9. The number of fused-ring (bicyclic) bond motifs is 3. The van der Waals surface area contributed by atoms with Gasteiger partial charge in [-0.15, -0.1) is 0 Å². The Labute approximate surface area is 587 Å². The van der Waals surface area contributed by atoms with E-state index in [0.717, 1.165) is 25.7 Å². The molecule has 95 heavy (non-hydrogen) atoms. The SMILES string of the molecule is C=C(Br)C[C@@H](CCC(=O)/C=C/[C@H](O[Si](C)(C)C(C)(C)C)[C@@H]1O[C@H]2CC[C@H](CCC)O[C@@H]2[C@H](O[Si](C)(C)C(C)(C)C)[C@@H]1O[Si](C)(C)C(C)(C)C)OC(=O)c1ccccc1.C=C(Br)C[C@@H](CCC(=O)C[C@H]1O[C@H]2[C@@H](O)[C@H]3O[C@@H](CCO)CC[C@@H]3O[C@H]2[C@H]1O)OC(=O)c1ccccc1. The van der Waals surface area contributed by atoms with Crippen LogP contribution in [0.25, 0.3) is 0 Å². The molecule has 0 aromatic heterocycles. The highest BCUT2D eigenvalue weighted by Crippen LogP contribution is 2.48. The van der Waals surface area contributed by atoms with Gasteiger partial charge < -0.3 is 61.8 Å². The molecule has 0 aliphatic carbocycles. The summed E-state index contributed by atoms with van der Waals surface area (Å²) in [6.45, 7) is 44.0. The molecule has 3 N–H and O–H groups in total. The van der Waals surface area contributed by atoms with Crippen LogP contribution in [0.2, 0.25) is 54.4 Å². The fourth-order valence-electron chi connectivity index (χ4n) is 12.0. The Morgan fingerprint density at radius 3 is 1.55 bits per heavy atom. The summed E-state index contributed by atoms with van der Waals surface area (Å²) in [5.41, 5.74) is 0.892. The van der Waals surface area contributed by atoms with Crippen LogP contribution in [0.4, 0.5) is 0 Å². The first-order chi connectivity index (χ1) is 44.3. The van der Waals surface area contributed by atoms with Gasteiger partial charge in [0, 0.05) is 38.7 Å². The third kappa shape index (κ3) is 22.8. The largest absolute Gasteiger partial charge is 0.458 e. The van der Waals surface area contributed by atoms with Gasteiger partial charge in [0.2, 0.25) is 0 Å². The van der Waals surface area contributed by atoms with Gasteiger partial charge in [-0.3, -0.25) is 9.59 Å². The smallest absolute Gasteiger partial charge is 0.338 e. The lowest BCUT2D eigenvalue weighted by Crippen LogP contribution is -2.69. The molecule has 7 rings (SSSR count). The molecule has 5 saturated heterocycles. The Hall–Kier alpha value is -2.89. The van der Waals surface area contributed by atoms with Gasteiger partial charge in [-0.1, -0.05) is 163 Å². The normalized spacial score (nSPS) is 28.3. The first-order valence-electron chi connectivity index (χ1n) is 34.4. The summed E-state index contributed by atoms with van der Waals surface area (Å²) in [7, 11) is -7.24. The topological polar surface area (TPSA) is 221 Å². The zero-order valence-electron chi connectivity index (χ0n) is 59.6. The van der Waals surface area contributed by atoms with Gasteiger partial charge in [-0.25, -0.2) is 9.59 Å². The number of carbonyl (C=O) groups excluding carboxylic acids is 4. The van der Waals surface area contributed by atoms with Crippen molar-refractivity contribution in [2.75, 3.05) is 6.61 Å². The monoisotopic (exact) mass is 1500 g/mol. The molecular weight excluding hydrogens is 1390 g/mol. The van der Waals surface area contributed by atoms with Crippen LogP contribution in [0, 0.1) is 0 Å².